The zero-order chi connectivity index (χ0) is 19.9. The van der Waals surface area contributed by atoms with Crippen LogP contribution in [0.1, 0.15) is 39.5 Å². The van der Waals surface area contributed by atoms with Crippen molar-refractivity contribution in [2.24, 2.45) is 5.92 Å². The summed E-state index contributed by atoms with van der Waals surface area (Å²) in [6.45, 7) is 6.16. The second kappa shape index (κ2) is 9.81. The van der Waals surface area contributed by atoms with Crippen LogP contribution >= 0.6 is 0 Å². The van der Waals surface area contributed by atoms with Crippen molar-refractivity contribution >= 4 is 15.7 Å². The number of hydrogen-bond acceptors (Lipinski definition) is 6. The van der Waals surface area contributed by atoms with Crippen molar-refractivity contribution in [1.82, 2.24) is 9.62 Å². The van der Waals surface area contributed by atoms with Crippen molar-refractivity contribution in [3.05, 3.63) is 18.2 Å². The number of hydrogen-bond donors (Lipinski definition) is 2. The Morgan fingerprint density at radius 1 is 1.41 bits per heavy atom. The SMILES string of the molecule is CCCC(C)CCNc1ccc(OC)c(S(=O)(=O)N[C@@H]2CCN(C#N)C2)c1. The number of nitrogens with one attached hydrogen (secondary N) is 2. The minimum absolute atomic E-state index is 0.118. The van der Waals surface area contributed by atoms with Gasteiger partial charge in [-0.1, -0.05) is 26.7 Å². The molecular weight excluding hydrogens is 364 g/mol. The molecule has 27 heavy (non-hydrogen) atoms. The standard InChI is InChI=1S/C19H30N4O3S/c1-4-5-15(2)8-10-21-16-6-7-18(26-3)19(12-16)27(24,25)22-17-9-11-23(13-17)14-20/h6-7,12,15,17,21-22H,4-5,8-11,13H2,1-3H3/t15?,17-/m1/s1. The lowest BCUT2D eigenvalue weighted by molar-refractivity contribution is 0.402. The molecule has 0 saturated carbocycles. The fourth-order valence-electron chi connectivity index (χ4n) is 3.33. The van der Waals surface area contributed by atoms with E-state index in [1.807, 2.05) is 6.07 Å². The van der Waals surface area contributed by atoms with Crippen LogP contribution in [0.2, 0.25) is 0 Å². The van der Waals surface area contributed by atoms with Gasteiger partial charge in [-0.2, -0.15) is 5.26 Å². The van der Waals surface area contributed by atoms with Crippen LogP contribution in [0.15, 0.2) is 23.1 Å². The highest BCUT2D eigenvalue weighted by molar-refractivity contribution is 7.89. The van der Waals surface area contributed by atoms with E-state index < -0.39 is 10.0 Å². The van der Waals surface area contributed by atoms with Crippen LogP contribution in [0.5, 0.6) is 5.75 Å². The Morgan fingerprint density at radius 2 is 2.19 bits per heavy atom. The summed E-state index contributed by atoms with van der Waals surface area (Å²) >= 11 is 0. The number of methoxy groups -OCH3 is 1. The van der Waals surface area contributed by atoms with Gasteiger partial charge in [-0.25, -0.2) is 13.1 Å². The molecule has 7 nitrogen and oxygen atoms in total. The van der Waals surface area contributed by atoms with Crippen LogP contribution < -0.4 is 14.8 Å². The van der Waals surface area contributed by atoms with E-state index in [2.05, 4.69) is 30.1 Å². The molecule has 0 amide bonds. The molecule has 1 saturated heterocycles. The molecule has 1 aromatic rings. The summed E-state index contributed by atoms with van der Waals surface area (Å²) in [5.41, 5.74) is 0.755. The van der Waals surface area contributed by atoms with Crippen LogP contribution in [0.25, 0.3) is 0 Å². The summed E-state index contributed by atoms with van der Waals surface area (Å²) in [6, 6.07) is 4.84. The molecular formula is C19H30N4O3S. The predicted octanol–water partition coefficient (Wildman–Crippen LogP) is 2.77. The van der Waals surface area contributed by atoms with Gasteiger partial charge in [0.1, 0.15) is 10.6 Å². The quantitative estimate of drug-likeness (QED) is 0.593. The molecule has 1 aromatic carbocycles. The predicted molar refractivity (Wildman–Crippen MR) is 106 cm³/mol. The van der Waals surface area contributed by atoms with E-state index in [4.69, 9.17) is 10.00 Å². The zero-order valence-corrected chi connectivity index (χ0v) is 17.2. The van der Waals surface area contributed by atoms with Crippen molar-refractivity contribution in [3.8, 4) is 11.9 Å². The van der Waals surface area contributed by atoms with Gasteiger partial charge in [-0.05, 0) is 37.0 Å². The first-order chi connectivity index (χ1) is 12.9. The summed E-state index contributed by atoms with van der Waals surface area (Å²) in [7, 11) is -2.28. The summed E-state index contributed by atoms with van der Waals surface area (Å²) in [6.07, 6.45) is 6.06. The molecule has 8 heteroatoms. The molecule has 0 bridgehead atoms. The highest BCUT2D eigenvalue weighted by Gasteiger charge is 2.28. The van der Waals surface area contributed by atoms with Gasteiger partial charge < -0.3 is 15.0 Å². The molecule has 1 heterocycles. The van der Waals surface area contributed by atoms with Gasteiger partial charge in [0, 0.05) is 31.4 Å². The first kappa shape index (κ1) is 21.3. The van der Waals surface area contributed by atoms with Gasteiger partial charge in [0.05, 0.1) is 7.11 Å². The lowest BCUT2D eigenvalue weighted by atomic mass is 10.0. The summed E-state index contributed by atoms with van der Waals surface area (Å²) < 4.78 is 33.7. The maximum Gasteiger partial charge on any atom is 0.244 e. The van der Waals surface area contributed by atoms with Gasteiger partial charge in [-0.15, -0.1) is 0 Å². The Balaban J connectivity index is 2.08. The van der Waals surface area contributed by atoms with Crippen LogP contribution in [0.3, 0.4) is 0 Å². The van der Waals surface area contributed by atoms with E-state index in [0.717, 1.165) is 18.7 Å². The molecule has 0 spiro atoms. The monoisotopic (exact) mass is 394 g/mol. The molecule has 2 atom stereocenters. The van der Waals surface area contributed by atoms with Crippen molar-refractivity contribution < 1.29 is 13.2 Å². The van der Waals surface area contributed by atoms with E-state index in [9.17, 15) is 8.42 Å². The van der Waals surface area contributed by atoms with Gasteiger partial charge >= 0.3 is 0 Å². The summed E-state index contributed by atoms with van der Waals surface area (Å²) in [5, 5.41) is 12.3. The van der Waals surface area contributed by atoms with E-state index >= 15 is 0 Å². The Bertz CT molecular complexity index is 761. The van der Waals surface area contributed by atoms with Crippen LogP contribution in [-0.4, -0.2) is 46.1 Å². The van der Waals surface area contributed by atoms with E-state index in [-0.39, 0.29) is 10.9 Å². The van der Waals surface area contributed by atoms with Crippen molar-refractivity contribution in [2.45, 2.75) is 50.5 Å². The fourth-order valence-corrected chi connectivity index (χ4v) is 4.78. The van der Waals surface area contributed by atoms with Crippen LogP contribution in [0, 0.1) is 17.4 Å². The minimum atomic E-state index is -3.74. The number of nitriles is 1. The van der Waals surface area contributed by atoms with Crippen LogP contribution in [-0.2, 0) is 10.0 Å². The van der Waals surface area contributed by atoms with Gasteiger partial charge in [-0.3, -0.25) is 0 Å². The molecule has 1 unspecified atom stereocenters. The molecule has 2 N–H and O–H groups in total. The molecule has 2 rings (SSSR count). The largest absolute Gasteiger partial charge is 0.495 e. The molecule has 1 aliphatic heterocycles. The highest BCUT2D eigenvalue weighted by Crippen LogP contribution is 2.28. The van der Waals surface area contributed by atoms with E-state index in [1.165, 1.54) is 20.0 Å². The molecule has 0 radical (unpaired) electrons. The second-order valence-corrected chi connectivity index (χ2v) is 8.81. The van der Waals surface area contributed by atoms with E-state index in [1.54, 1.807) is 17.0 Å². The number of rotatable bonds is 10. The average Bonchev–Trinajstić information content (AvgIpc) is 3.08. The highest BCUT2D eigenvalue weighted by atomic mass is 32.2. The average molecular weight is 395 g/mol. The second-order valence-electron chi connectivity index (χ2n) is 7.13. The first-order valence-electron chi connectivity index (χ1n) is 9.48. The molecule has 1 aliphatic rings. The maximum atomic E-state index is 12.9. The Morgan fingerprint density at radius 3 is 2.81 bits per heavy atom. The normalized spacial score (nSPS) is 18.1. The number of anilines is 1. The lowest BCUT2D eigenvalue weighted by Crippen LogP contribution is -2.36. The molecule has 0 aliphatic carbocycles. The minimum Gasteiger partial charge on any atom is -0.495 e. The zero-order valence-electron chi connectivity index (χ0n) is 16.4. The number of sulfonamides is 1. The number of likely N-dealkylation sites (tertiary alicyclic amines) is 1. The molecule has 0 aromatic heterocycles. The first-order valence-corrected chi connectivity index (χ1v) is 11.0. The Kier molecular flexibility index (Phi) is 7.75. The Hall–Kier alpha value is -1.98. The van der Waals surface area contributed by atoms with Gasteiger partial charge in [0.25, 0.3) is 0 Å². The third kappa shape index (κ3) is 6.01. The number of nitrogens with zero attached hydrogens (tertiary/aromatic N) is 2. The van der Waals surface area contributed by atoms with Crippen molar-refractivity contribution in [3.63, 3.8) is 0 Å². The van der Waals surface area contributed by atoms with Crippen LogP contribution in [0.4, 0.5) is 5.69 Å². The summed E-state index contributed by atoms with van der Waals surface area (Å²) in [4.78, 5) is 1.67. The Labute approximate surface area is 162 Å². The third-order valence-electron chi connectivity index (χ3n) is 4.85. The van der Waals surface area contributed by atoms with Crippen molar-refractivity contribution in [2.75, 3.05) is 32.1 Å². The number of benzene rings is 1. The molecule has 1 fully saturated rings. The fraction of sp³-hybridized carbons (Fsp3) is 0.632. The summed E-state index contributed by atoms with van der Waals surface area (Å²) in [5.74, 6) is 0.943. The van der Waals surface area contributed by atoms with Crippen molar-refractivity contribution in [1.29, 1.82) is 5.26 Å². The molecule has 150 valence electrons. The van der Waals surface area contributed by atoms with E-state index in [0.29, 0.717) is 31.2 Å². The van der Waals surface area contributed by atoms with Gasteiger partial charge in [0.15, 0.2) is 6.19 Å². The van der Waals surface area contributed by atoms with Gasteiger partial charge in [0.2, 0.25) is 10.0 Å². The topological polar surface area (TPSA) is 94.5 Å². The number of ether oxygens (including phenoxy) is 1. The lowest BCUT2D eigenvalue weighted by Gasteiger charge is -2.17. The smallest absolute Gasteiger partial charge is 0.244 e. The maximum absolute atomic E-state index is 12.9. The third-order valence-corrected chi connectivity index (χ3v) is 6.39.